The van der Waals surface area contributed by atoms with Gasteiger partial charge in [-0.3, -0.25) is 0 Å². The summed E-state index contributed by atoms with van der Waals surface area (Å²) in [5.41, 5.74) is 29.8. The Morgan fingerprint density at radius 2 is 0.494 bits per heavy atom. The second kappa shape index (κ2) is 54.0. The maximum atomic E-state index is 12.8. The van der Waals surface area contributed by atoms with Crippen molar-refractivity contribution in [1.82, 2.24) is 0 Å². The Bertz CT molecular complexity index is 1610. The largest absolute Gasteiger partial charge is 2.00 e. The van der Waals surface area contributed by atoms with Crippen LogP contribution in [0, 0.1) is 13.8 Å². The molecule has 0 radical (unpaired) electrons. The fourth-order valence-electron chi connectivity index (χ4n) is 11.8. The van der Waals surface area contributed by atoms with Gasteiger partial charge in [0.15, 0.2) is 0 Å². The topological polar surface area (TPSA) is 25.3 Å². The van der Waals surface area contributed by atoms with Gasteiger partial charge in [-0.15, -0.1) is 0 Å². The predicted molar refractivity (Wildman–Crippen MR) is 354 cm³/mol. The number of nitrogens with zero attached hydrogens (tertiary/aromatic N) is 2. The minimum atomic E-state index is 0. The van der Waals surface area contributed by atoms with Gasteiger partial charge in [0.2, 0.25) is 11.4 Å². The number of rotatable bonds is 48. The van der Waals surface area contributed by atoms with Crippen LogP contribution >= 0.6 is 0 Å². The molecule has 0 fully saturated rings. The molecular formula is C76H134N2Ni. The monoisotopic (exact) mass is 1130 g/mol. The molecule has 0 aliphatic carbocycles. The Hall–Kier alpha value is -1.99. The van der Waals surface area contributed by atoms with Crippen LogP contribution in [0.15, 0.2) is 35.4 Å². The third-order valence-electron chi connectivity index (χ3n) is 16.8. The van der Waals surface area contributed by atoms with Crippen molar-refractivity contribution in [2.45, 2.75) is 377 Å². The molecule has 1 aliphatic rings. The van der Waals surface area contributed by atoms with Crippen molar-refractivity contribution < 1.29 is 21.2 Å². The van der Waals surface area contributed by atoms with Crippen molar-refractivity contribution in [3.63, 3.8) is 0 Å². The molecule has 2 aromatic carbocycles. The average Bonchev–Trinajstić information content (AvgIpc) is 3.90. The Morgan fingerprint density at radius 3 is 0.734 bits per heavy atom. The number of hydrogen-bond acceptors (Lipinski definition) is 0. The van der Waals surface area contributed by atoms with Gasteiger partial charge in [0.25, 0.3) is 0 Å². The quantitative estimate of drug-likeness (QED) is 0.0273. The molecule has 0 atom stereocenters. The predicted octanol–water partition coefficient (Wildman–Crippen LogP) is 26.3. The van der Waals surface area contributed by atoms with Gasteiger partial charge in [-0.1, -0.05) is 262 Å². The van der Waals surface area contributed by atoms with Crippen LogP contribution in [0.4, 0.5) is 0 Å². The summed E-state index contributed by atoms with van der Waals surface area (Å²) >= 11 is 0. The Kier molecular flexibility index (Phi) is 52.6. The van der Waals surface area contributed by atoms with Crippen molar-refractivity contribution in [3.05, 3.63) is 99.3 Å². The van der Waals surface area contributed by atoms with E-state index >= 15 is 0 Å². The van der Waals surface area contributed by atoms with Gasteiger partial charge in [0, 0.05) is 22.3 Å². The standard InChI is InChI=1S/C52H84N2.2C12H25.Ni/c1-9-17-25-27-35-47-41(29-19-11-3)37-45(38-42(47)30-20-12-4)51-49(33-23-15-7)50(34-24-16-8)52(54(51)53)46-39-43(31-21-13-5)48(36-28-26-18-10-2)44(40-46)32-22-14-6;2*1-3-5-7-9-11-12-10-8-6-4-2;/h37-40H,9-36H2,1-8H3;2*1,3-12H2,2H3;/q;2*-1;+2. The SMILES string of the molecule is CCCCCCc1c(CCCC)cc(C2=C(CCCC)C(CCCC)=C(c3cc(CCCC)c(CCCCCC)c(CCCC)c3)[N+]2=[N-])cc1CCCC.[CH2-]CCCCCCCCCCC.[CH2-]CCCCCCCCCCC.[Ni+2]. The number of unbranched alkanes of at least 4 members (excludes halogenated alkanes) is 30. The smallest absolute Gasteiger partial charge is 0.493 e. The van der Waals surface area contributed by atoms with Gasteiger partial charge in [0.05, 0.1) is 0 Å². The minimum absolute atomic E-state index is 0. The van der Waals surface area contributed by atoms with Crippen LogP contribution in [0.25, 0.3) is 16.9 Å². The summed E-state index contributed by atoms with van der Waals surface area (Å²) in [6.07, 6.45) is 61.5. The molecule has 0 N–H and O–H groups in total. The van der Waals surface area contributed by atoms with E-state index in [2.05, 4.69) is 107 Å². The number of benzene rings is 2. The van der Waals surface area contributed by atoms with E-state index in [1.54, 1.807) is 38.1 Å². The molecule has 0 spiro atoms. The first kappa shape index (κ1) is 77.0. The normalized spacial score (nSPS) is 12.3. The fraction of sp³-hybridized carbons (Fsp3) is 0.763. The van der Waals surface area contributed by atoms with Crippen LogP contribution in [0.3, 0.4) is 0 Å². The van der Waals surface area contributed by atoms with E-state index < -0.39 is 0 Å². The van der Waals surface area contributed by atoms with Crippen LogP contribution < -0.4 is 0 Å². The van der Waals surface area contributed by atoms with Crippen molar-refractivity contribution in [2.24, 2.45) is 0 Å². The Balaban J connectivity index is 0.00000200. The van der Waals surface area contributed by atoms with E-state index in [4.69, 9.17) is 0 Å². The summed E-state index contributed by atoms with van der Waals surface area (Å²) in [7, 11) is 0. The van der Waals surface area contributed by atoms with Gasteiger partial charge in [-0.2, -0.15) is 12.8 Å². The summed E-state index contributed by atoms with van der Waals surface area (Å²) in [4.78, 5) is 0. The molecule has 0 bridgehead atoms. The number of allylic oxidation sites excluding steroid dienone is 2. The van der Waals surface area contributed by atoms with Crippen LogP contribution in [-0.4, -0.2) is 4.70 Å². The molecule has 1 heterocycles. The van der Waals surface area contributed by atoms with Gasteiger partial charge in [-0.25, -0.2) is 4.70 Å². The second-order valence-corrected chi connectivity index (χ2v) is 24.1. The fourth-order valence-corrected chi connectivity index (χ4v) is 11.8. The Labute approximate surface area is 506 Å². The minimum Gasteiger partial charge on any atom is -0.493 e. The molecule has 0 aromatic heterocycles. The average molecular weight is 1130 g/mol. The number of aryl methyl sites for hydroxylation is 4. The molecule has 0 saturated heterocycles. The van der Waals surface area contributed by atoms with E-state index in [0.717, 1.165) is 88.4 Å². The van der Waals surface area contributed by atoms with E-state index in [1.807, 2.05) is 0 Å². The van der Waals surface area contributed by atoms with Crippen molar-refractivity contribution in [1.29, 1.82) is 0 Å². The molecule has 458 valence electrons. The van der Waals surface area contributed by atoms with E-state index in [0.29, 0.717) is 0 Å². The maximum absolute atomic E-state index is 12.8. The van der Waals surface area contributed by atoms with Crippen molar-refractivity contribution >= 4 is 11.4 Å². The number of hydrogen-bond donors (Lipinski definition) is 0. The summed E-state index contributed by atoms with van der Waals surface area (Å²) in [6.45, 7) is 30.8. The summed E-state index contributed by atoms with van der Waals surface area (Å²) in [5, 5.41) is 0. The van der Waals surface area contributed by atoms with E-state index in [9.17, 15) is 5.53 Å². The zero-order valence-corrected chi connectivity index (χ0v) is 55.9. The van der Waals surface area contributed by atoms with Gasteiger partial charge < -0.3 is 19.4 Å². The maximum Gasteiger partial charge on any atom is 2.00 e. The molecule has 0 unspecified atom stereocenters. The molecule has 1 aliphatic heterocycles. The van der Waals surface area contributed by atoms with E-state index in [-0.39, 0.29) is 16.5 Å². The molecule has 2 aromatic rings. The van der Waals surface area contributed by atoms with Crippen LogP contribution in [-0.2, 0) is 55.0 Å². The van der Waals surface area contributed by atoms with Gasteiger partial charge >= 0.3 is 16.5 Å². The first-order valence-corrected chi connectivity index (χ1v) is 35.1. The van der Waals surface area contributed by atoms with Crippen LogP contribution in [0.5, 0.6) is 0 Å². The van der Waals surface area contributed by atoms with E-state index in [1.165, 1.54) is 253 Å². The second-order valence-electron chi connectivity index (χ2n) is 24.1. The zero-order chi connectivity index (χ0) is 57.3. The third kappa shape index (κ3) is 33.2. The third-order valence-corrected chi connectivity index (χ3v) is 16.8. The summed E-state index contributed by atoms with van der Waals surface area (Å²) in [5.74, 6) is 0. The molecule has 2 nitrogen and oxygen atoms in total. The first-order chi connectivity index (χ1) is 38.3. The molecule has 3 heteroatoms. The molecular weight excluding hydrogens is 1000 g/mol. The first-order valence-electron chi connectivity index (χ1n) is 35.1. The van der Waals surface area contributed by atoms with Crippen molar-refractivity contribution in [2.75, 3.05) is 0 Å². The van der Waals surface area contributed by atoms with Gasteiger partial charge in [-0.05, 0) is 160 Å². The van der Waals surface area contributed by atoms with Crippen LogP contribution in [0.2, 0.25) is 0 Å². The molecule has 3 rings (SSSR count). The van der Waals surface area contributed by atoms with Crippen LogP contribution in [0.1, 0.15) is 383 Å². The Morgan fingerprint density at radius 1 is 0.278 bits per heavy atom. The summed E-state index contributed by atoms with van der Waals surface area (Å²) < 4.78 is 1.71. The van der Waals surface area contributed by atoms with Crippen molar-refractivity contribution in [3.8, 4) is 0 Å². The zero-order valence-electron chi connectivity index (χ0n) is 54.9. The van der Waals surface area contributed by atoms with Gasteiger partial charge in [0.1, 0.15) is 0 Å². The summed E-state index contributed by atoms with van der Waals surface area (Å²) in [6, 6.07) is 10.1. The molecule has 79 heavy (non-hydrogen) atoms. The molecule has 0 amide bonds. The molecule has 0 saturated carbocycles.